The molecule has 1 fully saturated rings. The van der Waals surface area contributed by atoms with Crippen molar-refractivity contribution in [2.24, 2.45) is 0 Å². The molecule has 0 aliphatic carbocycles. The first-order valence-electron chi connectivity index (χ1n) is 9.05. The molecule has 140 valence electrons. The lowest BCUT2D eigenvalue weighted by Gasteiger charge is -2.26. The van der Waals surface area contributed by atoms with Crippen molar-refractivity contribution < 1.29 is 14.6 Å². The third-order valence-corrected chi connectivity index (χ3v) is 4.78. The standard InChI is InChI=1S/C20H22N4O3/c25-18-6-2-4-15-3-1-5-17(19(15)18)22-20(26)16-13-21-24(14-16)8-7-23-9-11-27-12-10-23/h1-6,13-14,25H,7-12H2,(H,22,26). The van der Waals surface area contributed by atoms with E-state index < -0.39 is 0 Å². The van der Waals surface area contributed by atoms with Crippen LogP contribution in [0.2, 0.25) is 0 Å². The van der Waals surface area contributed by atoms with Crippen LogP contribution in [0.3, 0.4) is 0 Å². The van der Waals surface area contributed by atoms with E-state index in [4.69, 9.17) is 4.74 Å². The summed E-state index contributed by atoms with van der Waals surface area (Å²) in [6, 6.07) is 10.8. The molecule has 7 nitrogen and oxygen atoms in total. The van der Waals surface area contributed by atoms with Crippen LogP contribution in [0.4, 0.5) is 5.69 Å². The molecule has 0 atom stereocenters. The summed E-state index contributed by atoms with van der Waals surface area (Å²) < 4.78 is 7.13. The lowest BCUT2D eigenvalue weighted by molar-refractivity contribution is 0.0360. The molecule has 0 bridgehead atoms. The number of hydrogen-bond acceptors (Lipinski definition) is 5. The number of fused-ring (bicyclic) bond motifs is 1. The number of aromatic hydroxyl groups is 1. The maximum absolute atomic E-state index is 12.6. The maximum atomic E-state index is 12.6. The fourth-order valence-corrected chi connectivity index (χ4v) is 3.29. The van der Waals surface area contributed by atoms with Crippen molar-refractivity contribution >= 4 is 22.4 Å². The van der Waals surface area contributed by atoms with Crippen LogP contribution in [0.25, 0.3) is 10.8 Å². The molecule has 2 N–H and O–H groups in total. The van der Waals surface area contributed by atoms with Crippen molar-refractivity contribution in [1.82, 2.24) is 14.7 Å². The molecular formula is C20H22N4O3. The number of carbonyl (C=O) groups is 1. The van der Waals surface area contributed by atoms with Gasteiger partial charge in [-0.05, 0) is 17.5 Å². The molecule has 1 saturated heterocycles. The summed E-state index contributed by atoms with van der Waals surface area (Å²) in [7, 11) is 0. The molecule has 2 heterocycles. The predicted octanol–water partition coefficient (Wildman–Crippen LogP) is 2.33. The van der Waals surface area contributed by atoms with E-state index in [-0.39, 0.29) is 11.7 Å². The first kappa shape index (κ1) is 17.5. The monoisotopic (exact) mass is 366 g/mol. The van der Waals surface area contributed by atoms with E-state index in [0.717, 1.165) is 44.8 Å². The zero-order chi connectivity index (χ0) is 18.6. The number of hydrogen-bond donors (Lipinski definition) is 2. The molecule has 1 aliphatic rings. The van der Waals surface area contributed by atoms with Gasteiger partial charge >= 0.3 is 0 Å². The summed E-state index contributed by atoms with van der Waals surface area (Å²) in [6.45, 7) is 5.00. The van der Waals surface area contributed by atoms with E-state index in [1.165, 1.54) is 0 Å². The number of phenolic OH excluding ortho intramolecular Hbond substituents is 1. The molecule has 0 unspecified atom stereocenters. The van der Waals surface area contributed by atoms with Crippen LogP contribution in [-0.2, 0) is 11.3 Å². The summed E-state index contributed by atoms with van der Waals surface area (Å²) in [5.41, 5.74) is 1.07. The second-order valence-corrected chi connectivity index (χ2v) is 6.58. The van der Waals surface area contributed by atoms with E-state index in [9.17, 15) is 9.90 Å². The largest absolute Gasteiger partial charge is 0.507 e. The van der Waals surface area contributed by atoms with E-state index in [2.05, 4.69) is 15.3 Å². The number of rotatable bonds is 5. The van der Waals surface area contributed by atoms with Crippen molar-refractivity contribution in [2.45, 2.75) is 6.54 Å². The van der Waals surface area contributed by atoms with Crippen LogP contribution in [0.1, 0.15) is 10.4 Å². The SMILES string of the molecule is O=C(Nc1cccc2cccc(O)c12)c1cnn(CCN2CCOCC2)c1. The van der Waals surface area contributed by atoms with Gasteiger partial charge < -0.3 is 15.2 Å². The summed E-state index contributed by atoms with van der Waals surface area (Å²) in [6.07, 6.45) is 3.32. The Labute approximate surface area is 157 Å². The van der Waals surface area contributed by atoms with Gasteiger partial charge in [0.25, 0.3) is 5.91 Å². The minimum atomic E-state index is -0.247. The summed E-state index contributed by atoms with van der Waals surface area (Å²) in [5, 5.41) is 18.8. The number of morpholine rings is 1. The summed E-state index contributed by atoms with van der Waals surface area (Å²) in [4.78, 5) is 14.9. The Balaban J connectivity index is 1.44. The van der Waals surface area contributed by atoms with Crippen molar-refractivity contribution in [1.29, 1.82) is 0 Å². The van der Waals surface area contributed by atoms with E-state index >= 15 is 0 Å². The molecule has 3 aromatic rings. The molecule has 0 radical (unpaired) electrons. The van der Waals surface area contributed by atoms with Gasteiger partial charge in [0.15, 0.2) is 0 Å². The van der Waals surface area contributed by atoms with Crippen LogP contribution in [-0.4, -0.2) is 58.5 Å². The molecule has 2 aromatic carbocycles. The van der Waals surface area contributed by atoms with E-state index in [0.29, 0.717) is 16.6 Å². The summed E-state index contributed by atoms with van der Waals surface area (Å²) in [5.74, 6) is -0.104. The van der Waals surface area contributed by atoms with Gasteiger partial charge in [-0.1, -0.05) is 24.3 Å². The highest BCUT2D eigenvalue weighted by atomic mass is 16.5. The number of nitrogens with one attached hydrogen (secondary N) is 1. The molecule has 0 saturated carbocycles. The molecule has 1 aromatic heterocycles. The zero-order valence-corrected chi connectivity index (χ0v) is 15.0. The van der Waals surface area contributed by atoms with Crippen LogP contribution in [0.5, 0.6) is 5.75 Å². The minimum Gasteiger partial charge on any atom is -0.507 e. The number of anilines is 1. The number of nitrogens with zero attached hydrogens (tertiary/aromatic N) is 3. The number of carbonyl (C=O) groups excluding carboxylic acids is 1. The lowest BCUT2D eigenvalue weighted by atomic mass is 10.1. The van der Waals surface area contributed by atoms with Crippen LogP contribution in [0, 0.1) is 0 Å². The highest BCUT2D eigenvalue weighted by molar-refractivity contribution is 6.10. The van der Waals surface area contributed by atoms with Gasteiger partial charge in [0.1, 0.15) is 5.75 Å². The molecule has 7 heteroatoms. The smallest absolute Gasteiger partial charge is 0.258 e. The Bertz CT molecular complexity index is 942. The normalized spacial score (nSPS) is 15.1. The van der Waals surface area contributed by atoms with Crippen LogP contribution >= 0.6 is 0 Å². The fraction of sp³-hybridized carbons (Fsp3) is 0.300. The Morgan fingerprint density at radius 1 is 1.15 bits per heavy atom. The molecule has 1 aliphatic heterocycles. The molecule has 1 amide bonds. The number of benzene rings is 2. The quantitative estimate of drug-likeness (QED) is 0.724. The van der Waals surface area contributed by atoms with Gasteiger partial charge in [0.05, 0.1) is 37.2 Å². The molecule has 4 rings (SSSR count). The van der Waals surface area contributed by atoms with Crippen LogP contribution in [0.15, 0.2) is 48.8 Å². The highest BCUT2D eigenvalue weighted by Gasteiger charge is 2.14. The first-order valence-corrected chi connectivity index (χ1v) is 9.05. The fourth-order valence-electron chi connectivity index (χ4n) is 3.29. The summed E-state index contributed by atoms with van der Waals surface area (Å²) >= 11 is 0. The highest BCUT2D eigenvalue weighted by Crippen LogP contribution is 2.31. The van der Waals surface area contributed by atoms with Gasteiger partial charge in [-0.3, -0.25) is 14.4 Å². The van der Waals surface area contributed by atoms with Gasteiger partial charge in [-0.2, -0.15) is 5.10 Å². The molecule has 27 heavy (non-hydrogen) atoms. The number of aromatic nitrogens is 2. The average Bonchev–Trinajstić information content (AvgIpc) is 3.17. The third-order valence-electron chi connectivity index (χ3n) is 4.78. The zero-order valence-electron chi connectivity index (χ0n) is 15.0. The average molecular weight is 366 g/mol. The van der Waals surface area contributed by atoms with Gasteiger partial charge in [-0.15, -0.1) is 0 Å². The number of amides is 1. The molecular weight excluding hydrogens is 344 g/mol. The van der Waals surface area contributed by atoms with Gasteiger partial charge in [0.2, 0.25) is 0 Å². The van der Waals surface area contributed by atoms with Gasteiger partial charge in [0, 0.05) is 31.2 Å². The second-order valence-electron chi connectivity index (χ2n) is 6.58. The van der Waals surface area contributed by atoms with Crippen molar-refractivity contribution in [3.05, 3.63) is 54.4 Å². The topological polar surface area (TPSA) is 79.6 Å². The second kappa shape index (κ2) is 7.77. The lowest BCUT2D eigenvalue weighted by Crippen LogP contribution is -2.38. The van der Waals surface area contributed by atoms with Crippen LogP contribution < -0.4 is 5.32 Å². The Morgan fingerprint density at radius 2 is 1.93 bits per heavy atom. The van der Waals surface area contributed by atoms with E-state index in [1.54, 1.807) is 35.3 Å². The maximum Gasteiger partial charge on any atom is 0.258 e. The number of phenols is 1. The van der Waals surface area contributed by atoms with Gasteiger partial charge in [-0.25, -0.2) is 0 Å². The first-order chi connectivity index (χ1) is 13.2. The minimum absolute atomic E-state index is 0.143. The molecule has 0 spiro atoms. The Morgan fingerprint density at radius 3 is 2.74 bits per heavy atom. The van der Waals surface area contributed by atoms with Crippen molar-refractivity contribution in [2.75, 3.05) is 38.2 Å². The Kier molecular flexibility index (Phi) is 5.04. The van der Waals surface area contributed by atoms with Crippen molar-refractivity contribution in [3.8, 4) is 5.75 Å². The predicted molar refractivity (Wildman–Crippen MR) is 103 cm³/mol. The number of ether oxygens (including phenoxy) is 1. The van der Waals surface area contributed by atoms with E-state index in [1.807, 2.05) is 18.2 Å². The Hall–Kier alpha value is -2.90. The third kappa shape index (κ3) is 3.94. The van der Waals surface area contributed by atoms with Crippen molar-refractivity contribution in [3.63, 3.8) is 0 Å².